The Morgan fingerprint density at radius 2 is 2.06 bits per heavy atom. The molecule has 0 unspecified atom stereocenters. The second kappa shape index (κ2) is 5.49. The van der Waals surface area contributed by atoms with Crippen LogP contribution >= 0.6 is 0 Å². The maximum Gasteiger partial charge on any atom is 0.243 e. The van der Waals surface area contributed by atoms with Crippen molar-refractivity contribution in [3.63, 3.8) is 0 Å². The van der Waals surface area contributed by atoms with Crippen molar-refractivity contribution in [2.24, 2.45) is 0 Å². The summed E-state index contributed by atoms with van der Waals surface area (Å²) in [4.78, 5) is 11.0. The van der Waals surface area contributed by atoms with E-state index in [0.29, 0.717) is 11.3 Å². The van der Waals surface area contributed by atoms with Crippen molar-refractivity contribution in [2.45, 2.75) is 6.54 Å². The van der Waals surface area contributed by atoms with Gasteiger partial charge in [-0.25, -0.2) is 8.42 Å². The number of anilines is 1. The zero-order valence-corrected chi connectivity index (χ0v) is 10.3. The summed E-state index contributed by atoms with van der Waals surface area (Å²) >= 11 is 0. The molecule has 0 aliphatic carbocycles. The molecule has 0 aliphatic rings. The van der Waals surface area contributed by atoms with Crippen molar-refractivity contribution in [1.82, 2.24) is 5.32 Å². The Morgan fingerprint density at radius 1 is 1.41 bits per heavy atom. The van der Waals surface area contributed by atoms with Crippen LogP contribution in [-0.2, 0) is 21.4 Å². The van der Waals surface area contributed by atoms with Gasteiger partial charge >= 0.3 is 0 Å². The summed E-state index contributed by atoms with van der Waals surface area (Å²) in [5.41, 5.74) is 1.15. The first kappa shape index (κ1) is 13.2. The number of hydrogen-bond donors (Lipinski definition) is 2. The number of hydrogen-bond acceptors (Lipinski definition) is 3. The summed E-state index contributed by atoms with van der Waals surface area (Å²) in [6, 6.07) is 6.85. The van der Waals surface area contributed by atoms with Crippen LogP contribution in [0.1, 0.15) is 5.56 Å². The van der Waals surface area contributed by atoms with Gasteiger partial charge in [-0.1, -0.05) is 24.8 Å². The zero-order valence-electron chi connectivity index (χ0n) is 9.43. The lowest BCUT2D eigenvalue weighted by Crippen LogP contribution is -2.21. The summed E-state index contributed by atoms with van der Waals surface area (Å²) in [5.74, 6) is -0.306. The number of nitrogens with one attached hydrogen (secondary N) is 2. The van der Waals surface area contributed by atoms with Crippen LogP contribution in [0, 0.1) is 0 Å². The van der Waals surface area contributed by atoms with Crippen molar-refractivity contribution in [1.29, 1.82) is 0 Å². The van der Waals surface area contributed by atoms with Crippen LogP contribution in [0.5, 0.6) is 0 Å². The Labute approximate surface area is 101 Å². The molecule has 1 rings (SSSR count). The van der Waals surface area contributed by atoms with Crippen molar-refractivity contribution >= 4 is 21.6 Å². The molecule has 2 N–H and O–H groups in total. The fraction of sp³-hybridized carbons (Fsp3) is 0.182. The third kappa shape index (κ3) is 4.69. The van der Waals surface area contributed by atoms with Gasteiger partial charge in [0.15, 0.2) is 0 Å². The number of carbonyl (C=O) groups is 1. The largest absolute Gasteiger partial charge is 0.348 e. The van der Waals surface area contributed by atoms with Gasteiger partial charge in [-0.3, -0.25) is 9.52 Å². The van der Waals surface area contributed by atoms with E-state index < -0.39 is 10.0 Å². The summed E-state index contributed by atoms with van der Waals surface area (Å²) in [6.07, 6.45) is 2.23. The van der Waals surface area contributed by atoms with E-state index in [-0.39, 0.29) is 12.5 Å². The molecular formula is C11H14N2O3S. The first-order valence-electron chi connectivity index (χ1n) is 4.88. The lowest BCUT2D eigenvalue weighted by Gasteiger charge is -2.10. The highest BCUT2D eigenvalue weighted by molar-refractivity contribution is 7.92. The minimum atomic E-state index is -3.33. The summed E-state index contributed by atoms with van der Waals surface area (Å²) in [5, 5.41) is 2.58. The monoisotopic (exact) mass is 254 g/mol. The molecule has 0 bridgehead atoms. The molecule has 0 atom stereocenters. The zero-order chi connectivity index (χ0) is 12.9. The van der Waals surface area contributed by atoms with Gasteiger partial charge in [-0.2, -0.15) is 0 Å². The fourth-order valence-corrected chi connectivity index (χ4v) is 1.83. The molecule has 0 aromatic heterocycles. The van der Waals surface area contributed by atoms with E-state index in [1.54, 1.807) is 24.3 Å². The standard InChI is InChI=1S/C11H14N2O3S/c1-3-11(14)12-8-9-6-4-5-7-10(9)13-17(2,15)16/h3-7,13H,1,8H2,2H3,(H,12,14). The van der Waals surface area contributed by atoms with Gasteiger partial charge in [-0.05, 0) is 17.7 Å². The minimum Gasteiger partial charge on any atom is -0.348 e. The molecule has 1 amide bonds. The summed E-state index contributed by atoms with van der Waals surface area (Å²) < 4.78 is 24.7. The molecule has 6 heteroatoms. The van der Waals surface area contributed by atoms with Crippen molar-refractivity contribution < 1.29 is 13.2 Å². The normalized spacial score (nSPS) is 10.6. The van der Waals surface area contributed by atoms with E-state index in [1.807, 2.05) is 0 Å². The Bertz CT molecular complexity index is 523. The van der Waals surface area contributed by atoms with Crippen LogP contribution in [0.4, 0.5) is 5.69 Å². The van der Waals surface area contributed by atoms with Gasteiger partial charge in [0.05, 0.1) is 11.9 Å². The second-order valence-electron chi connectivity index (χ2n) is 3.45. The molecule has 0 spiro atoms. The SMILES string of the molecule is C=CC(=O)NCc1ccccc1NS(C)(=O)=O. The highest BCUT2D eigenvalue weighted by Gasteiger charge is 2.07. The van der Waals surface area contributed by atoms with E-state index in [4.69, 9.17) is 0 Å². The van der Waals surface area contributed by atoms with Crippen LogP contribution in [0.15, 0.2) is 36.9 Å². The second-order valence-corrected chi connectivity index (χ2v) is 5.20. The Morgan fingerprint density at radius 3 is 2.65 bits per heavy atom. The predicted octanol–water partition coefficient (Wildman–Crippen LogP) is 0.860. The van der Waals surface area contributed by atoms with Crippen LogP contribution in [-0.4, -0.2) is 20.6 Å². The maximum absolute atomic E-state index is 11.1. The number of carbonyl (C=O) groups excluding carboxylic acids is 1. The fourth-order valence-electron chi connectivity index (χ4n) is 1.23. The summed E-state index contributed by atoms with van der Waals surface area (Å²) in [6.45, 7) is 3.57. The quantitative estimate of drug-likeness (QED) is 0.765. The summed E-state index contributed by atoms with van der Waals surface area (Å²) in [7, 11) is -3.33. The molecule has 0 heterocycles. The molecule has 92 valence electrons. The molecule has 1 aromatic carbocycles. The van der Waals surface area contributed by atoms with E-state index in [9.17, 15) is 13.2 Å². The molecule has 1 aromatic rings. The van der Waals surface area contributed by atoms with E-state index >= 15 is 0 Å². The number of para-hydroxylation sites is 1. The first-order chi connectivity index (χ1) is 7.92. The number of sulfonamides is 1. The van der Waals surface area contributed by atoms with Crippen LogP contribution < -0.4 is 10.0 Å². The van der Waals surface area contributed by atoms with Gasteiger partial charge < -0.3 is 5.32 Å². The van der Waals surface area contributed by atoms with Crippen LogP contribution in [0.2, 0.25) is 0 Å². The van der Waals surface area contributed by atoms with Gasteiger partial charge in [-0.15, -0.1) is 0 Å². The molecule has 0 aliphatic heterocycles. The van der Waals surface area contributed by atoms with Gasteiger partial charge in [0.2, 0.25) is 15.9 Å². The Kier molecular flexibility index (Phi) is 4.28. The number of benzene rings is 1. The van der Waals surface area contributed by atoms with Crippen molar-refractivity contribution in [2.75, 3.05) is 11.0 Å². The average Bonchev–Trinajstić information content (AvgIpc) is 2.25. The molecule has 0 saturated heterocycles. The molecule has 5 nitrogen and oxygen atoms in total. The maximum atomic E-state index is 11.1. The lowest BCUT2D eigenvalue weighted by atomic mass is 10.2. The molecular weight excluding hydrogens is 240 g/mol. The topological polar surface area (TPSA) is 75.3 Å². The highest BCUT2D eigenvalue weighted by atomic mass is 32.2. The van der Waals surface area contributed by atoms with Crippen molar-refractivity contribution in [3.8, 4) is 0 Å². The molecule has 0 fully saturated rings. The number of amides is 1. The highest BCUT2D eigenvalue weighted by Crippen LogP contribution is 2.15. The molecule has 0 saturated carbocycles. The third-order valence-electron chi connectivity index (χ3n) is 1.95. The Balaban J connectivity index is 2.84. The van der Waals surface area contributed by atoms with Crippen molar-refractivity contribution in [3.05, 3.63) is 42.5 Å². The van der Waals surface area contributed by atoms with Gasteiger partial charge in [0, 0.05) is 6.54 Å². The first-order valence-corrected chi connectivity index (χ1v) is 6.77. The van der Waals surface area contributed by atoms with E-state index in [1.165, 1.54) is 0 Å². The van der Waals surface area contributed by atoms with Crippen LogP contribution in [0.25, 0.3) is 0 Å². The third-order valence-corrected chi connectivity index (χ3v) is 2.54. The predicted molar refractivity (Wildman–Crippen MR) is 67.0 cm³/mol. The van der Waals surface area contributed by atoms with E-state index in [2.05, 4.69) is 16.6 Å². The molecule has 0 radical (unpaired) electrons. The average molecular weight is 254 g/mol. The Hall–Kier alpha value is -1.82. The molecule has 17 heavy (non-hydrogen) atoms. The van der Waals surface area contributed by atoms with E-state index in [0.717, 1.165) is 12.3 Å². The van der Waals surface area contributed by atoms with Gasteiger partial charge in [0.1, 0.15) is 0 Å². The smallest absolute Gasteiger partial charge is 0.243 e. The lowest BCUT2D eigenvalue weighted by molar-refractivity contribution is -0.116. The minimum absolute atomic E-state index is 0.240. The number of rotatable bonds is 5. The van der Waals surface area contributed by atoms with Gasteiger partial charge in [0.25, 0.3) is 0 Å². The van der Waals surface area contributed by atoms with Crippen LogP contribution in [0.3, 0.4) is 0 Å².